The van der Waals surface area contributed by atoms with Crippen LogP contribution in [-0.4, -0.2) is 52.9 Å². The van der Waals surface area contributed by atoms with E-state index in [1.807, 2.05) is 19.9 Å². The van der Waals surface area contributed by atoms with Gasteiger partial charge in [-0.05, 0) is 5.92 Å². The van der Waals surface area contributed by atoms with Crippen molar-refractivity contribution < 1.29 is 19.8 Å². The van der Waals surface area contributed by atoms with Crippen molar-refractivity contribution in [3.8, 4) is 6.07 Å². The summed E-state index contributed by atoms with van der Waals surface area (Å²) in [4.78, 5) is 24.2. The zero-order valence-corrected chi connectivity index (χ0v) is 11.3. The Kier molecular flexibility index (Phi) is 8.29. The van der Waals surface area contributed by atoms with E-state index in [1.165, 1.54) is 4.90 Å². The van der Waals surface area contributed by atoms with Gasteiger partial charge < -0.3 is 20.4 Å². The van der Waals surface area contributed by atoms with Crippen LogP contribution in [0.4, 0.5) is 4.79 Å². The molecular formula is C12H21N3O4. The largest absolute Gasteiger partial charge is 0.480 e. The van der Waals surface area contributed by atoms with Crippen molar-refractivity contribution in [2.75, 3.05) is 19.7 Å². The fraction of sp³-hybridized carbons (Fsp3) is 0.750. The molecule has 0 bridgehead atoms. The minimum Gasteiger partial charge on any atom is -0.480 e. The van der Waals surface area contributed by atoms with Crippen molar-refractivity contribution in [2.24, 2.45) is 5.92 Å². The lowest BCUT2D eigenvalue weighted by Gasteiger charge is -2.25. The van der Waals surface area contributed by atoms with Gasteiger partial charge in [0.25, 0.3) is 0 Å². The van der Waals surface area contributed by atoms with Crippen LogP contribution in [0.5, 0.6) is 0 Å². The van der Waals surface area contributed by atoms with Gasteiger partial charge in [0.1, 0.15) is 6.04 Å². The Labute approximate surface area is 112 Å². The highest BCUT2D eigenvalue weighted by Crippen LogP contribution is 2.02. The molecule has 0 saturated carbocycles. The summed E-state index contributed by atoms with van der Waals surface area (Å²) in [5, 5.41) is 28.5. The molecule has 2 amide bonds. The van der Waals surface area contributed by atoms with Gasteiger partial charge in [-0.3, -0.25) is 0 Å². The molecule has 108 valence electrons. The molecule has 3 N–H and O–H groups in total. The van der Waals surface area contributed by atoms with Crippen LogP contribution >= 0.6 is 0 Å². The first-order valence-corrected chi connectivity index (χ1v) is 6.18. The fourth-order valence-electron chi connectivity index (χ4n) is 1.53. The number of nitriles is 1. The van der Waals surface area contributed by atoms with Crippen LogP contribution in [0, 0.1) is 17.2 Å². The van der Waals surface area contributed by atoms with Gasteiger partial charge in [0, 0.05) is 26.1 Å². The predicted molar refractivity (Wildman–Crippen MR) is 68.3 cm³/mol. The molecule has 0 aromatic rings. The fourth-order valence-corrected chi connectivity index (χ4v) is 1.53. The molecule has 0 aliphatic carbocycles. The van der Waals surface area contributed by atoms with Gasteiger partial charge in [-0.25, -0.2) is 9.59 Å². The Morgan fingerprint density at radius 1 is 1.42 bits per heavy atom. The van der Waals surface area contributed by atoms with Crippen molar-refractivity contribution in [3.63, 3.8) is 0 Å². The molecule has 0 aromatic carbocycles. The van der Waals surface area contributed by atoms with E-state index in [0.717, 1.165) is 0 Å². The smallest absolute Gasteiger partial charge is 0.326 e. The zero-order valence-electron chi connectivity index (χ0n) is 11.3. The quantitative estimate of drug-likeness (QED) is 0.591. The molecule has 0 aromatic heterocycles. The van der Waals surface area contributed by atoms with Crippen LogP contribution in [0.2, 0.25) is 0 Å². The van der Waals surface area contributed by atoms with E-state index in [4.69, 9.17) is 15.5 Å². The number of carbonyl (C=O) groups is 2. The molecule has 7 nitrogen and oxygen atoms in total. The van der Waals surface area contributed by atoms with E-state index in [9.17, 15) is 9.59 Å². The third kappa shape index (κ3) is 7.26. The number of urea groups is 1. The molecule has 0 spiro atoms. The van der Waals surface area contributed by atoms with Gasteiger partial charge in [0.05, 0.1) is 12.5 Å². The Morgan fingerprint density at radius 3 is 2.47 bits per heavy atom. The summed E-state index contributed by atoms with van der Waals surface area (Å²) in [6.07, 6.45) is 0.146. The van der Waals surface area contributed by atoms with Gasteiger partial charge in [0.2, 0.25) is 0 Å². The number of rotatable bonds is 8. The number of amides is 2. The van der Waals surface area contributed by atoms with Gasteiger partial charge in [-0.2, -0.15) is 5.26 Å². The van der Waals surface area contributed by atoms with E-state index < -0.39 is 18.0 Å². The maximum Gasteiger partial charge on any atom is 0.326 e. The number of carbonyl (C=O) groups excluding carboxylic acids is 1. The second kappa shape index (κ2) is 9.16. The molecule has 7 heteroatoms. The first-order valence-electron chi connectivity index (χ1n) is 6.18. The van der Waals surface area contributed by atoms with Crippen LogP contribution in [0.15, 0.2) is 0 Å². The maximum atomic E-state index is 11.9. The van der Waals surface area contributed by atoms with Gasteiger partial charge >= 0.3 is 12.0 Å². The zero-order chi connectivity index (χ0) is 14.8. The van der Waals surface area contributed by atoms with Gasteiger partial charge in [-0.1, -0.05) is 13.8 Å². The van der Waals surface area contributed by atoms with E-state index in [2.05, 4.69) is 5.32 Å². The van der Waals surface area contributed by atoms with Gasteiger partial charge in [0.15, 0.2) is 0 Å². The van der Waals surface area contributed by atoms with Crippen LogP contribution in [0.25, 0.3) is 0 Å². The monoisotopic (exact) mass is 271 g/mol. The number of nitrogens with one attached hydrogen (secondary N) is 1. The Hall–Kier alpha value is -1.81. The minimum atomic E-state index is -1.19. The summed E-state index contributed by atoms with van der Waals surface area (Å²) >= 11 is 0. The number of carboxylic acid groups (broad SMARTS) is 1. The molecule has 0 aliphatic rings. The average Bonchev–Trinajstić information content (AvgIpc) is 2.33. The lowest BCUT2D eigenvalue weighted by Crippen LogP contribution is -2.49. The standard InChI is InChI=1S/C12H21N3O4/c1-9(2)8-15(6-3-5-13)12(19)14-10(4-7-16)11(17)18/h9-10,16H,3-4,6-8H2,1-2H3,(H,14,19)(H,17,18). The van der Waals surface area contributed by atoms with Crippen molar-refractivity contribution in [2.45, 2.75) is 32.7 Å². The van der Waals surface area contributed by atoms with E-state index in [-0.39, 0.29) is 31.9 Å². The van der Waals surface area contributed by atoms with Crippen LogP contribution < -0.4 is 5.32 Å². The van der Waals surface area contributed by atoms with E-state index >= 15 is 0 Å². The highest BCUT2D eigenvalue weighted by atomic mass is 16.4. The van der Waals surface area contributed by atoms with Crippen LogP contribution in [0.3, 0.4) is 0 Å². The second-order valence-electron chi connectivity index (χ2n) is 4.60. The summed E-state index contributed by atoms with van der Waals surface area (Å²) in [5.41, 5.74) is 0. The number of hydrogen-bond donors (Lipinski definition) is 3. The summed E-state index contributed by atoms with van der Waals surface area (Å²) in [5.74, 6) is -0.974. The number of hydrogen-bond acceptors (Lipinski definition) is 4. The highest BCUT2D eigenvalue weighted by Gasteiger charge is 2.22. The normalized spacial score (nSPS) is 11.7. The molecule has 0 rings (SSSR count). The third-order valence-corrected chi connectivity index (χ3v) is 2.38. The summed E-state index contributed by atoms with van der Waals surface area (Å²) < 4.78 is 0. The van der Waals surface area contributed by atoms with Gasteiger partial charge in [-0.15, -0.1) is 0 Å². The van der Waals surface area contributed by atoms with Crippen molar-refractivity contribution in [3.05, 3.63) is 0 Å². The summed E-state index contributed by atoms with van der Waals surface area (Å²) in [6, 6.07) is 0.310. The first kappa shape index (κ1) is 17.2. The molecular weight excluding hydrogens is 250 g/mol. The second-order valence-corrected chi connectivity index (χ2v) is 4.60. The number of nitrogens with zero attached hydrogens (tertiary/aromatic N) is 2. The molecule has 0 saturated heterocycles. The Bertz CT molecular complexity index is 338. The Balaban J connectivity index is 4.59. The molecule has 0 heterocycles. The number of carboxylic acids is 1. The molecule has 0 aliphatic heterocycles. The first-order chi connectivity index (χ1) is 8.92. The predicted octanol–water partition coefficient (Wildman–Crippen LogP) is 0.403. The average molecular weight is 271 g/mol. The Morgan fingerprint density at radius 2 is 2.05 bits per heavy atom. The summed E-state index contributed by atoms with van der Waals surface area (Å²) in [7, 11) is 0. The topological polar surface area (TPSA) is 114 Å². The van der Waals surface area contributed by atoms with Crippen molar-refractivity contribution >= 4 is 12.0 Å². The number of aliphatic hydroxyl groups is 1. The minimum absolute atomic E-state index is 0.0468. The lowest BCUT2D eigenvalue weighted by atomic mass is 10.2. The molecule has 0 fully saturated rings. The highest BCUT2D eigenvalue weighted by molar-refractivity contribution is 5.82. The van der Waals surface area contributed by atoms with E-state index in [1.54, 1.807) is 0 Å². The third-order valence-electron chi connectivity index (χ3n) is 2.38. The number of aliphatic hydroxyl groups excluding tert-OH is 1. The summed E-state index contributed by atoms with van der Waals surface area (Å²) in [6.45, 7) is 4.23. The van der Waals surface area contributed by atoms with Crippen LogP contribution in [-0.2, 0) is 4.79 Å². The molecule has 19 heavy (non-hydrogen) atoms. The van der Waals surface area contributed by atoms with Crippen molar-refractivity contribution in [1.82, 2.24) is 10.2 Å². The molecule has 1 atom stereocenters. The van der Waals surface area contributed by atoms with Crippen LogP contribution in [0.1, 0.15) is 26.7 Å². The molecule has 1 unspecified atom stereocenters. The maximum absolute atomic E-state index is 11.9. The SMILES string of the molecule is CC(C)CN(CCC#N)C(=O)NC(CCO)C(=O)O. The van der Waals surface area contributed by atoms with Crippen molar-refractivity contribution in [1.29, 1.82) is 5.26 Å². The molecule has 0 radical (unpaired) electrons. The van der Waals surface area contributed by atoms with E-state index in [0.29, 0.717) is 6.54 Å². The number of aliphatic carboxylic acids is 1. The lowest BCUT2D eigenvalue weighted by molar-refractivity contribution is -0.139.